The lowest BCUT2D eigenvalue weighted by molar-refractivity contribution is -0.155. The first-order chi connectivity index (χ1) is 32.6. The minimum Gasteiger partial charge on any atom is -0.464 e. The molecular weight excluding hydrogens is 895 g/mol. The van der Waals surface area contributed by atoms with E-state index in [1.54, 1.807) is 25.3 Å². The van der Waals surface area contributed by atoms with Gasteiger partial charge in [0.2, 0.25) is 11.8 Å². The molecule has 0 aliphatic carbocycles. The number of likely N-dealkylation sites (N-methyl/N-ethyl adjacent to an activating group) is 1. The molecule has 4 amide bonds. The number of benzene rings is 1. The second-order valence-corrected chi connectivity index (χ2v) is 21.6. The van der Waals surface area contributed by atoms with Crippen LogP contribution in [0.3, 0.4) is 0 Å². The lowest BCUT2D eigenvalue weighted by atomic mass is 9.84. The zero-order valence-electron chi connectivity index (χ0n) is 42.3. The molecule has 6 heterocycles. The molecule has 0 saturated carbocycles. The molecule has 1 aromatic carbocycles. The van der Waals surface area contributed by atoms with Crippen LogP contribution in [0.4, 0.5) is 0 Å². The van der Waals surface area contributed by atoms with Crippen molar-refractivity contribution in [1.82, 2.24) is 45.0 Å². The molecule has 3 aliphatic rings. The van der Waals surface area contributed by atoms with Crippen LogP contribution < -0.4 is 10.7 Å². The number of fused-ring (bicyclic) bond motifs is 6. The number of pyridine rings is 1. The molecule has 2 fully saturated rings. The number of aromatic nitrogens is 3. The maximum Gasteiger partial charge on any atom is 0.324 e. The van der Waals surface area contributed by atoms with Gasteiger partial charge in [0.15, 0.2) is 0 Å². The maximum atomic E-state index is 14.7. The number of hydrazine groups is 1. The molecule has 2 saturated heterocycles. The van der Waals surface area contributed by atoms with Gasteiger partial charge >= 0.3 is 5.97 Å². The van der Waals surface area contributed by atoms with Gasteiger partial charge < -0.3 is 29.2 Å². The number of thiazole rings is 1. The van der Waals surface area contributed by atoms with Crippen LogP contribution in [-0.4, -0.2) is 142 Å². The molecule has 0 spiro atoms. The van der Waals surface area contributed by atoms with E-state index in [1.165, 1.54) is 21.2 Å². The van der Waals surface area contributed by atoms with E-state index in [4.69, 9.17) is 19.4 Å². The van der Waals surface area contributed by atoms with Gasteiger partial charge in [0.05, 0.1) is 46.3 Å². The summed E-state index contributed by atoms with van der Waals surface area (Å²) in [7, 11) is 9.13. The van der Waals surface area contributed by atoms with Gasteiger partial charge in [-0.2, -0.15) is 0 Å². The third-order valence-electron chi connectivity index (χ3n) is 14.1. The molecule has 370 valence electrons. The molecule has 17 heteroatoms. The number of hydrogen-bond donors (Lipinski definition) is 2. The lowest BCUT2D eigenvalue weighted by Crippen LogP contribution is -2.62. The smallest absolute Gasteiger partial charge is 0.324 e. The summed E-state index contributed by atoms with van der Waals surface area (Å²) in [6.45, 7) is 14.7. The summed E-state index contributed by atoms with van der Waals surface area (Å²) < 4.78 is 14.1. The maximum absolute atomic E-state index is 14.7. The average molecular weight is 964 g/mol. The number of nitrogens with one attached hydrogen (secondary N) is 2. The Morgan fingerprint density at radius 1 is 1.09 bits per heavy atom. The van der Waals surface area contributed by atoms with Crippen molar-refractivity contribution >= 4 is 51.8 Å². The minimum atomic E-state index is -1.10. The zero-order valence-corrected chi connectivity index (χ0v) is 43.1. The number of amides is 4. The number of nitrogens with zero attached hydrogens (tertiary/aromatic N) is 7. The second kappa shape index (κ2) is 20.7. The third-order valence-corrected chi connectivity index (χ3v) is 14.9. The van der Waals surface area contributed by atoms with E-state index in [9.17, 15) is 24.0 Å². The largest absolute Gasteiger partial charge is 0.464 e. The van der Waals surface area contributed by atoms with E-state index in [1.807, 2.05) is 71.1 Å². The number of carbonyl (C=O) groups excluding carboxylic acids is 5. The Balaban J connectivity index is 1.20. The van der Waals surface area contributed by atoms with Crippen molar-refractivity contribution in [2.75, 3.05) is 54.5 Å². The summed E-state index contributed by atoms with van der Waals surface area (Å²) in [5.74, 6) is 2.95. The van der Waals surface area contributed by atoms with Crippen LogP contribution in [0.25, 0.3) is 33.4 Å². The van der Waals surface area contributed by atoms with Gasteiger partial charge in [0.25, 0.3) is 11.8 Å². The van der Waals surface area contributed by atoms with Gasteiger partial charge in [0, 0.05) is 86.3 Å². The van der Waals surface area contributed by atoms with E-state index in [-0.39, 0.29) is 43.4 Å². The Morgan fingerprint density at radius 2 is 1.84 bits per heavy atom. The number of methoxy groups -OCH3 is 1. The van der Waals surface area contributed by atoms with E-state index in [0.717, 1.165) is 44.7 Å². The Kier molecular flexibility index (Phi) is 15.4. The number of ether oxygens (including phenoxy) is 2. The monoisotopic (exact) mass is 964 g/mol. The Bertz CT molecular complexity index is 2660. The number of hydrogen-bond acceptors (Lipinski definition) is 12. The molecule has 6 bridgehead atoms. The van der Waals surface area contributed by atoms with E-state index in [2.05, 4.69) is 66.2 Å². The summed E-state index contributed by atoms with van der Waals surface area (Å²) in [6.07, 6.45) is 3.58. The predicted molar refractivity (Wildman–Crippen MR) is 266 cm³/mol. The molecule has 3 aliphatic heterocycles. The molecule has 4 aromatic rings. The fraction of sp³-hybridized carbons (Fsp3) is 0.558. The molecule has 7 rings (SSSR count). The minimum absolute atomic E-state index is 0.0645. The first kappa shape index (κ1) is 51.2. The highest BCUT2D eigenvalue weighted by molar-refractivity contribution is 7.10. The van der Waals surface area contributed by atoms with Crippen LogP contribution in [0, 0.1) is 29.1 Å². The van der Waals surface area contributed by atoms with Gasteiger partial charge in [-0.15, -0.1) is 11.3 Å². The lowest BCUT2D eigenvalue weighted by Gasteiger charge is -2.36. The van der Waals surface area contributed by atoms with Crippen LogP contribution in [0.1, 0.15) is 90.1 Å². The molecule has 16 nitrogen and oxygen atoms in total. The van der Waals surface area contributed by atoms with Crippen LogP contribution >= 0.6 is 11.3 Å². The van der Waals surface area contributed by atoms with Crippen LogP contribution in [0.2, 0.25) is 0 Å². The fourth-order valence-electron chi connectivity index (χ4n) is 9.52. The quantitative estimate of drug-likeness (QED) is 0.163. The van der Waals surface area contributed by atoms with Crippen molar-refractivity contribution in [3.05, 3.63) is 58.2 Å². The van der Waals surface area contributed by atoms with E-state index < -0.39 is 52.8 Å². The molecule has 69 heavy (non-hydrogen) atoms. The Labute approximate surface area is 410 Å². The number of rotatable bonds is 9. The number of esters is 1. The van der Waals surface area contributed by atoms with Gasteiger partial charge in [-0.25, -0.2) is 10.4 Å². The van der Waals surface area contributed by atoms with Crippen LogP contribution in [0.5, 0.6) is 0 Å². The molecule has 3 aromatic heterocycles. The average Bonchev–Trinajstić information content (AvgIpc) is 4.07. The highest BCUT2D eigenvalue weighted by atomic mass is 32.1. The summed E-state index contributed by atoms with van der Waals surface area (Å²) >= 11 is 1.40. The van der Waals surface area contributed by atoms with Crippen molar-refractivity contribution < 1.29 is 33.4 Å². The SMILES string of the molecule is CO[C@@H](C)c1ncccc1-c1c2c3cc(ccc3n1C)-c1csc(n1)C[C@H](NC(=O)[C@H](C(C)C)N(C)C(=O)[C@H]1CCN(C(=O)C#CC(C)(C)N(C)C)C1)C(=O)N1CCC[C@H](N1)C(=O)OCC(C)(C)C2. The Morgan fingerprint density at radius 3 is 2.55 bits per heavy atom. The molecule has 2 N–H and O–H groups in total. The van der Waals surface area contributed by atoms with Gasteiger partial charge in [-0.3, -0.25) is 38.9 Å². The molecule has 5 atom stereocenters. The van der Waals surface area contributed by atoms with Gasteiger partial charge in [-0.05, 0) is 102 Å². The third kappa shape index (κ3) is 11.0. The highest BCUT2D eigenvalue weighted by Crippen LogP contribution is 2.41. The van der Waals surface area contributed by atoms with E-state index in [0.29, 0.717) is 43.8 Å². The normalized spacial score (nSPS) is 20.8. The summed E-state index contributed by atoms with van der Waals surface area (Å²) in [6, 6.07) is 7.47. The van der Waals surface area contributed by atoms with E-state index >= 15 is 0 Å². The van der Waals surface area contributed by atoms with Gasteiger partial charge in [-0.1, -0.05) is 39.7 Å². The second-order valence-electron chi connectivity index (χ2n) is 20.7. The van der Waals surface area contributed by atoms with Crippen molar-refractivity contribution in [3.8, 4) is 34.4 Å². The summed E-state index contributed by atoms with van der Waals surface area (Å²) in [4.78, 5) is 85.2. The summed E-state index contributed by atoms with van der Waals surface area (Å²) in [5, 5.41) is 8.07. The molecule has 0 radical (unpaired) electrons. The topological polar surface area (TPSA) is 172 Å². The molecular formula is C52H69N9O7S. The zero-order chi connectivity index (χ0) is 50.1. The van der Waals surface area contributed by atoms with Crippen molar-refractivity contribution in [2.45, 2.75) is 110 Å². The van der Waals surface area contributed by atoms with Crippen LogP contribution in [-0.2, 0) is 53.3 Å². The molecule has 0 unspecified atom stereocenters. The number of cyclic esters (lactones) is 1. The predicted octanol–water partition coefficient (Wildman–Crippen LogP) is 5.39. The number of carbonyl (C=O) groups is 5. The van der Waals surface area contributed by atoms with Crippen molar-refractivity contribution in [2.24, 2.45) is 24.3 Å². The van der Waals surface area contributed by atoms with Crippen LogP contribution in [0.15, 0.2) is 41.9 Å². The Hall–Kier alpha value is -5.67. The summed E-state index contributed by atoms with van der Waals surface area (Å²) in [5.41, 5.74) is 8.59. The van der Waals surface area contributed by atoms with Gasteiger partial charge in [0.1, 0.15) is 18.1 Å². The first-order valence-electron chi connectivity index (χ1n) is 24.0. The first-order valence-corrected chi connectivity index (χ1v) is 24.8. The number of aryl methyl sites for hydroxylation is 1. The highest BCUT2D eigenvalue weighted by Gasteiger charge is 2.40. The standard InChI is InChI=1S/C52H69N9O7S/c1-31(2)45(59(11)48(64)34-20-24-60(28-34)43(62)19-21-52(6,7)57(8)9)47(63)55-39-26-42-54-40(29-69-42)33-17-18-41-36(25-33)37(46(58(41)10)35-15-13-22-53-44(35)32(3)67-12)27-51(4,5)30-68-50(66)38-16-14-23-61(56-38)49(39)65/h13,15,17-18,22,25,29,31-32,34,38-39,45,56H,14,16,20,23-24,26-28,30H2,1-12H3,(H,55,63)/t32-,34-,38-,39-,45-/m0/s1. The van der Waals surface area contributed by atoms with Crippen molar-refractivity contribution in [1.29, 1.82) is 0 Å². The fourth-order valence-corrected chi connectivity index (χ4v) is 10.4. The van der Waals surface area contributed by atoms with Crippen molar-refractivity contribution in [3.63, 3.8) is 0 Å². The number of likely N-dealkylation sites (tertiary alicyclic amines) is 1.